The maximum absolute atomic E-state index is 11.8. The van der Waals surface area contributed by atoms with Gasteiger partial charge in [-0.05, 0) is 22.4 Å². The Morgan fingerprint density at radius 3 is 3.00 bits per heavy atom. The minimum atomic E-state index is -0.142. The van der Waals surface area contributed by atoms with Crippen molar-refractivity contribution in [3.05, 3.63) is 21.0 Å². The van der Waals surface area contributed by atoms with Crippen molar-refractivity contribution >= 4 is 21.6 Å². The highest BCUT2D eigenvalue weighted by Gasteiger charge is 2.07. The smallest absolute Gasteiger partial charge is 0.283 e. The molecule has 6 heteroatoms. The van der Waals surface area contributed by atoms with Gasteiger partial charge in [0.15, 0.2) is 0 Å². The average Bonchev–Trinajstić information content (AvgIpc) is 2.30. The lowest BCUT2D eigenvalue weighted by Gasteiger charge is -2.09. The summed E-state index contributed by atoms with van der Waals surface area (Å²) < 4.78 is 1.91. The molecule has 0 aliphatic heterocycles. The molecule has 0 unspecified atom stereocenters. The maximum atomic E-state index is 11.8. The number of aryl methyl sites for hydroxylation is 1. The average molecular weight is 290 g/mol. The molecule has 1 rings (SSSR count). The van der Waals surface area contributed by atoms with Gasteiger partial charge >= 0.3 is 0 Å². The van der Waals surface area contributed by atoms with Crippen LogP contribution in [0.3, 0.4) is 0 Å². The molecule has 1 aromatic rings. The van der Waals surface area contributed by atoms with E-state index >= 15 is 0 Å². The largest absolute Gasteiger partial charge is 0.395 e. The summed E-state index contributed by atoms with van der Waals surface area (Å²) in [6.07, 6.45) is 3.55. The molecule has 5 nitrogen and oxygen atoms in total. The fraction of sp³-hybridized carbons (Fsp3) is 0.600. The minimum absolute atomic E-state index is 0.0192. The van der Waals surface area contributed by atoms with E-state index in [1.165, 1.54) is 4.68 Å². The van der Waals surface area contributed by atoms with E-state index in [0.717, 1.165) is 12.8 Å². The van der Waals surface area contributed by atoms with Crippen LogP contribution >= 0.6 is 15.9 Å². The van der Waals surface area contributed by atoms with Crippen LogP contribution in [0.5, 0.6) is 0 Å². The molecule has 0 spiro atoms. The maximum Gasteiger partial charge on any atom is 0.283 e. The van der Waals surface area contributed by atoms with Crippen LogP contribution < -0.4 is 10.9 Å². The quantitative estimate of drug-likeness (QED) is 0.826. The molecule has 0 atom stereocenters. The zero-order valence-electron chi connectivity index (χ0n) is 9.24. The molecule has 0 fully saturated rings. The van der Waals surface area contributed by atoms with E-state index in [9.17, 15) is 4.79 Å². The van der Waals surface area contributed by atoms with Crippen LogP contribution in [-0.4, -0.2) is 28.0 Å². The molecule has 2 N–H and O–H groups in total. The molecule has 0 saturated heterocycles. The number of aliphatic hydroxyl groups excluding tert-OH is 1. The Kier molecular flexibility index (Phi) is 5.48. The first-order valence-electron chi connectivity index (χ1n) is 5.31. The highest BCUT2D eigenvalue weighted by atomic mass is 79.9. The predicted octanol–water partition coefficient (Wildman–Crippen LogP) is 1.21. The monoisotopic (exact) mass is 289 g/mol. The molecule has 1 aromatic heterocycles. The Labute approximate surface area is 103 Å². The van der Waals surface area contributed by atoms with Gasteiger partial charge in [-0.2, -0.15) is 5.10 Å². The van der Waals surface area contributed by atoms with Crippen LogP contribution in [0.15, 0.2) is 15.5 Å². The fourth-order valence-corrected chi connectivity index (χ4v) is 1.69. The Morgan fingerprint density at radius 2 is 2.38 bits per heavy atom. The summed E-state index contributed by atoms with van der Waals surface area (Å²) in [4.78, 5) is 11.8. The van der Waals surface area contributed by atoms with E-state index in [4.69, 9.17) is 5.11 Å². The van der Waals surface area contributed by atoms with E-state index in [2.05, 4.69) is 33.3 Å². The summed E-state index contributed by atoms with van der Waals surface area (Å²) >= 11 is 3.24. The Morgan fingerprint density at radius 1 is 1.62 bits per heavy atom. The summed E-state index contributed by atoms with van der Waals surface area (Å²) in [5, 5.41) is 15.7. The normalized spacial score (nSPS) is 10.4. The third-order valence-electron chi connectivity index (χ3n) is 2.14. The molecule has 0 amide bonds. The number of nitrogens with zero attached hydrogens (tertiary/aromatic N) is 2. The second kappa shape index (κ2) is 6.65. The van der Waals surface area contributed by atoms with Crippen LogP contribution in [0.4, 0.5) is 5.69 Å². The van der Waals surface area contributed by atoms with E-state index in [0.29, 0.717) is 23.2 Å². The zero-order chi connectivity index (χ0) is 12.0. The van der Waals surface area contributed by atoms with Crippen LogP contribution in [0.25, 0.3) is 0 Å². The second-order valence-corrected chi connectivity index (χ2v) is 4.20. The number of halogens is 1. The van der Waals surface area contributed by atoms with Gasteiger partial charge in [-0.1, -0.05) is 13.3 Å². The molecule has 0 bridgehead atoms. The van der Waals surface area contributed by atoms with Crippen molar-refractivity contribution in [2.75, 3.05) is 18.5 Å². The fourth-order valence-electron chi connectivity index (χ4n) is 1.25. The van der Waals surface area contributed by atoms with Gasteiger partial charge in [0.1, 0.15) is 4.47 Å². The summed E-state index contributed by atoms with van der Waals surface area (Å²) in [5.41, 5.74) is 0.475. The number of rotatable bonds is 6. The van der Waals surface area contributed by atoms with Crippen molar-refractivity contribution in [2.24, 2.45) is 0 Å². The molecule has 90 valence electrons. The van der Waals surface area contributed by atoms with Gasteiger partial charge in [-0.3, -0.25) is 4.79 Å². The topological polar surface area (TPSA) is 67.2 Å². The van der Waals surface area contributed by atoms with E-state index in [-0.39, 0.29) is 12.2 Å². The number of unbranched alkanes of at least 4 members (excludes halogenated alkanes) is 1. The van der Waals surface area contributed by atoms with Gasteiger partial charge in [0, 0.05) is 13.1 Å². The zero-order valence-corrected chi connectivity index (χ0v) is 10.8. The molecule has 1 heterocycles. The van der Waals surface area contributed by atoms with Crippen molar-refractivity contribution in [1.29, 1.82) is 0 Å². The summed E-state index contributed by atoms with van der Waals surface area (Å²) in [6.45, 7) is 3.12. The minimum Gasteiger partial charge on any atom is -0.395 e. The van der Waals surface area contributed by atoms with Crippen molar-refractivity contribution in [2.45, 2.75) is 26.3 Å². The molecule has 0 saturated carbocycles. The van der Waals surface area contributed by atoms with E-state index in [1.807, 2.05) is 0 Å². The lowest BCUT2D eigenvalue weighted by Crippen LogP contribution is -2.25. The number of hydrogen-bond acceptors (Lipinski definition) is 4. The molecular weight excluding hydrogens is 274 g/mol. The first-order valence-corrected chi connectivity index (χ1v) is 6.10. The number of aliphatic hydroxyl groups is 1. The second-order valence-electron chi connectivity index (χ2n) is 3.40. The van der Waals surface area contributed by atoms with E-state index < -0.39 is 0 Å². The molecule has 0 aliphatic rings. The summed E-state index contributed by atoms with van der Waals surface area (Å²) in [5.74, 6) is 0. The highest BCUT2D eigenvalue weighted by molar-refractivity contribution is 9.10. The lowest BCUT2D eigenvalue weighted by molar-refractivity contribution is 0.311. The molecule has 0 radical (unpaired) electrons. The first-order chi connectivity index (χ1) is 7.70. The number of anilines is 1. The highest BCUT2D eigenvalue weighted by Crippen LogP contribution is 2.15. The van der Waals surface area contributed by atoms with E-state index in [1.54, 1.807) is 6.20 Å². The molecule has 16 heavy (non-hydrogen) atoms. The van der Waals surface area contributed by atoms with Gasteiger partial charge in [-0.25, -0.2) is 4.68 Å². The van der Waals surface area contributed by atoms with Gasteiger partial charge in [0.05, 0.1) is 18.5 Å². The third kappa shape index (κ3) is 3.31. The van der Waals surface area contributed by atoms with Crippen LogP contribution in [0, 0.1) is 0 Å². The first kappa shape index (κ1) is 13.2. The molecular formula is C10H16BrN3O2. The Balaban J connectivity index is 2.85. The number of nitrogens with one attached hydrogen (secondary N) is 1. The number of aromatic nitrogens is 2. The van der Waals surface area contributed by atoms with Crippen molar-refractivity contribution in [1.82, 2.24) is 9.78 Å². The number of hydrogen-bond donors (Lipinski definition) is 2. The van der Waals surface area contributed by atoms with Crippen LogP contribution in [0.2, 0.25) is 0 Å². The van der Waals surface area contributed by atoms with Crippen molar-refractivity contribution < 1.29 is 5.11 Å². The molecule has 0 aliphatic carbocycles. The van der Waals surface area contributed by atoms with Crippen molar-refractivity contribution in [3.8, 4) is 0 Å². The lowest BCUT2D eigenvalue weighted by atomic mass is 10.3. The van der Waals surface area contributed by atoms with Gasteiger partial charge in [0.2, 0.25) is 0 Å². The third-order valence-corrected chi connectivity index (χ3v) is 2.90. The Bertz CT molecular complexity index is 392. The van der Waals surface area contributed by atoms with Crippen molar-refractivity contribution in [3.63, 3.8) is 0 Å². The van der Waals surface area contributed by atoms with Gasteiger partial charge in [-0.15, -0.1) is 0 Å². The Hall–Kier alpha value is -0.880. The van der Waals surface area contributed by atoms with Gasteiger partial charge < -0.3 is 10.4 Å². The molecule has 0 aromatic carbocycles. The van der Waals surface area contributed by atoms with Crippen LogP contribution in [0.1, 0.15) is 19.8 Å². The summed E-state index contributed by atoms with van der Waals surface area (Å²) in [7, 11) is 0. The predicted molar refractivity (Wildman–Crippen MR) is 66.7 cm³/mol. The van der Waals surface area contributed by atoms with Crippen LogP contribution in [-0.2, 0) is 6.54 Å². The standard InChI is InChI=1S/C10H16BrN3O2/c1-2-3-5-14-10(16)9(11)8(7-13-14)12-4-6-15/h7,12,15H,2-6H2,1H3. The van der Waals surface area contributed by atoms with Gasteiger partial charge in [0.25, 0.3) is 5.56 Å². The summed E-state index contributed by atoms with van der Waals surface area (Å²) in [6, 6.07) is 0. The SMILES string of the molecule is CCCCn1ncc(NCCO)c(Br)c1=O.